The topological polar surface area (TPSA) is 83.8 Å². The van der Waals surface area contributed by atoms with Gasteiger partial charge in [0.15, 0.2) is 0 Å². The van der Waals surface area contributed by atoms with Crippen molar-refractivity contribution < 1.29 is 24.5 Å². The molecular formula is C17H18O5. The van der Waals surface area contributed by atoms with Crippen LogP contribution >= 0.6 is 0 Å². The predicted molar refractivity (Wildman–Crippen MR) is 80.2 cm³/mol. The van der Waals surface area contributed by atoms with Crippen LogP contribution in [0.5, 0.6) is 0 Å². The molecule has 116 valence electrons. The Hall–Kier alpha value is -2.40. The Kier molecular flexibility index (Phi) is 4.78. The van der Waals surface area contributed by atoms with Crippen LogP contribution in [0.25, 0.3) is 0 Å². The number of carboxylic acids is 2. The Bertz CT molecular complexity index is 617. The smallest absolute Gasteiger partial charge is 0.332 e. The summed E-state index contributed by atoms with van der Waals surface area (Å²) in [6.07, 6.45) is 4.41. The molecule has 5 heteroatoms. The molecule has 0 aliphatic heterocycles. The van der Waals surface area contributed by atoms with Gasteiger partial charge in [-0.3, -0.25) is 4.79 Å². The monoisotopic (exact) mass is 302 g/mol. The summed E-state index contributed by atoms with van der Waals surface area (Å²) in [5, 5.41) is 18.7. The first-order valence-electron chi connectivity index (χ1n) is 6.92. The van der Waals surface area contributed by atoms with E-state index in [9.17, 15) is 19.8 Å². The van der Waals surface area contributed by atoms with Gasteiger partial charge in [-0.15, -0.1) is 0 Å². The Morgan fingerprint density at radius 3 is 2.50 bits per heavy atom. The lowest BCUT2D eigenvalue weighted by molar-refractivity contribution is -0.145. The second-order valence-corrected chi connectivity index (χ2v) is 5.48. The molecule has 1 aliphatic carbocycles. The summed E-state index contributed by atoms with van der Waals surface area (Å²) >= 11 is 0. The largest absolute Gasteiger partial charge is 0.481 e. The Morgan fingerprint density at radius 1 is 1.23 bits per heavy atom. The summed E-state index contributed by atoms with van der Waals surface area (Å²) in [6, 6.07) is 9.44. The van der Waals surface area contributed by atoms with Crippen LogP contribution in [0.15, 0.2) is 54.1 Å². The van der Waals surface area contributed by atoms with E-state index < -0.39 is 23.3 Å². The minimum Gasteiger partial charge on any atom is -0.481 e. The molecule has 1 aromatic carbocycles. The van der Waals surface area contributed by atoms with Crippen molar-refractivity contribution in [2.24, 2.45) is 11.3 Å². The number of benzene rings is 1. The summed E-state index contributed by atoms with van der Waals surface area (Å²) in [6.45, 7) is 1.93. The van der Waals surface area contributed by atoms with E-state index in [4.69, 9.17) is 4.74 Å². The first-order chi connectivity index (χ1) is 10.4. The molecule has 0 saturated heterocycles. The van der Waals surface area contributed by atoms with Gasteiger partial charge in [0.05, 0.1) is 19.1 Å². The Balaban J connectivity index is 2.15. The minimum atomic E-state index is -1.12. The van der Waals surface area contributed by atoms with Crippen LogP contribution < -0.4 is 0 Å². The highest BCUT2D eigenvalue weighted by molar-refractivity contribution is 5.91. The quantitative estimate of drug-likeness (QED) is 0.843. The van der Waals surface area contributed by atoms with E-state index in [2.05, 4.69) is 0 Å². The van der Waals surface area contributed by atoms with E-state index in [0.29, 0.717) is 6.61 Å². The van der Waals surface area contributed by atoms with Crippen LogP contribution in [0.3, 0.4) is 0 Å². The highest BCUT2D eigenvalue weighted by Gasteiger charge is 2.45. The molecule has 0 amide bonds. The fourth-order valence-corrected chi connectivity index (χ4v) is 2.63. The predicted octanol–water partition coefficient (Wildman–Crippen LogP) is 2.49. The van der Waals surface area contributed by atoms with E-state index in [-0.39, 0.29) is 12.2 Å². The molecule has 5 nitrogen and oxygen atoms in total. The normalized spacial score (nSPS) is 23.9. The molecule has 22 heavy (non-hydrogen) atoms. The first-order valence-corrected chi connectivity index (χ1v) is 6.92. The summed E-state index contributed by atoms with van der Waals surface area (Å²) in [5.41, 5.74) is -0.109. The molecule has 0 fully saturated rings. The standard InChI is InChI=1S/C17H18O5/c1-17(11-22-10-12-6-3-2-4-7-12)13(15(18)19)8-5-9-14(17)16(20)21/h2-9,13H,10-11H2,1H3,(H,18,19)(H,20,21). The number of aliphatic carboxylic acids is 2. The third kappa shape index (κ3) is 3.26. The van der Waals surface area contributed by atoms with Gasteiger partial charge < -0.3 is 14.9 Å². The van der Waals surface area contributed by atoms with Crippen molar-refractivity contribution >= 4 is 11.9 Å². The molecule has 2 atom stereocenters. The maximum absolute atomic E-state index is 11.4. The zero-order chi connectivity index (χ0) is 16.2. The lowest BCUT2D eigenvalue weighted by Crippen LogP contribution is -2.41. The van der Waals surface area contributed by atoms with Gasteiger partial charge in [0.2, 0.25) is 0 Å². The fourth-order valence-electron chi connectivity index (χ4n) is 2.63. The van der Waals surface area contributed by atoms with Crippen LogP contribution in [0.4, 0.5) is 0 Å². The summed E-state index contributed by atoms with van der Waals surface area (Å²) in [7, 11) is 0. The molecule has 1 aromatic rings. The van der Waals surface area contributed by atoms with Crippen molar-refractivity contribution in [2.45, 2.75) is 13.5 Å². The number of allylic oxidation sites excluding steroid dienone is 2. The highest BCUT2D eigenvalue weighted by Crippen LogP contribution is 2.40. The SMILES string of the molecule is CC1(COCc2ccccc2)C(C(=O)O)=CC=CC1C(=O)O. The van der Waals surface area contributed by atoms with E-state index in [0.717, 1.165) is 5.56 Å². The van der Waals surface area contributed by atoms with Gasteiger partial charge in [-0.1, -0.05) is 55.5 Å². The number of hydrogen-bond acceptors (Lipinski definition) is 3. The third-order valence-corrected chi connectivity index (χ3v) is 3.88. The minimum absolute atomic E-state index is 0.0152. The molecule has 2 N–H and O–H groups in total. The molecule has 0 spiro atoms. The van der Waals surface area contributed by atoms with Gasteiger partial charge in [-0.2, -0.15) is 0 Å². The van der Waals surface area contributed by atoms with E-state index in [1.54, 1.807) is 6.92 Å². The number of ether oxygens (including phenoxy) is 1. The molecule has 0 radical (unpaired) electrons. The molecular weight excluding hydrogens is 284 g/mol. The van der Waals surface area contributed by atoms with Gasteiger partial charge in [0, 0.05) is 11.0 Å². The molecule has 0 aromatic heterocycles. The Labute approximate surface area is 128 Å². The zero-order valence-corrected chi connectivity index (χ0v) is 12.2. The van der Waals surface area contributed by atoms with Crippen molar-refractivity contribution in [1.82, 2.24) is 0 Å². The van der Waals surface area contributed by atoms with Gasteiger partial charge in [0.25, 0.3) is 0 Å². The lowest BCUT2D eigenvalue weighted by atomic mass is 9.69. The average molecular weight is 302 g/mol. The molecule has 2 unspecified atom stereocenters. The van der Waals surface area contributed by atoms with Crippen molar-refractivity contribution in [3.05, 3.63) is 59.7 Å². The number of carbonyl (C=O) groups is 2. The number of rotatable bonds is 6. The van der Waals surface area contributed by atoms with Crippen molar-refractivity contribution in [1.29, 1.82) is 0 Å². The van der Waals surface area contributed by atoms with Crippen molar-refractivity contribution in [3.8, 4) is 0 Å². The summed E-state index contributed by atoms with van der Waals surface area (Å²) in [5.74, 6) is -3.12. The molecule has 1 aliphatic rings. The van der Waals surface area contributed by atoms with Crippen LogP contribution in [0.2, 0.25) is 0 Å². The number of hydrogen-bond donors (Lipinski definition) is 2. The summed E-state index contributed by atoms with van der Waals surface area (Å²) in [4.78, 5) is 22.9. The molecule has 0 heterocycles. The summed E-state index contributed by atoms with van der Waals surface area (Å²) < 4.78 is 5.62. The van der Waals surface area contributed by atoms with Gasteiger partial charge >= 0.3 is 11.9 Å². The van der Waals surface area contributed by atoms with Gasteiger partial charge in [-0.25, -0.2) is 4.79 Å². The second-order valence-electron chi connectivity index (χ2n) is 5.48. The van der Waals surface area contributed by atoms with Gasteiger partial charge in [0.1, 0.15) is 0 Å². The maximum atomic E-state index is 11.4. The molecule has 2 rings (SSSR count). The van der Waals surface area contributed by atoms with E-state index in [1.165, 1.54) is 18.2 Å². The third-order valence-electron chi connectivity index (χ3n) is 3.88. The van der Waals surface area contributed by atoms with E-state index >= 15 is 0 Å². The molecule has 0 bridgehead atoms. The van der Waals surface area contributed by atoms with Crippen LogP contribution in [0, 0.1) is 11.3 Å². The fraction of sp³-hybridized carbons (Fsp3) is 0.294. The average Bonchev–Trinajstić information content (AvgIpc) is 2.47. The second kappa shape index (κ2) is 6.58. The van der Waals surface area contributed by atoms with Crippen LogP contribution in [-0.4, -0.2) is 28.8 Å². The van der Waals surface area contributed by atoms with Crippen molar-refractivity contribution in [3.63, 3.8) is 0 Å². The molecule has 0 saturated carbocycles. The van der Waals surface area contributed by atoms with Crippen molar-refractivity contribution in [2.75, 3.05) is 6.61 Å². The van der Waals surface area contributed by atoms with E-state index in [1.807, 2.05) is 30.3 Å². The lowest BCUT2D eigenvalue weighted by Gasteiger charge is -2.35. The highest BCUT2D eigenvalue weighted by atomic mass is 16.5. The van der Waals surface area contributed by atoms with Crippen LogP contribution in [0.1, 0.15) is 12.5 Å². The maximum Gasteiger partial charge on any atom is 0.332 e. The first kappa shape index (κ1) is 16.0. The van der Waals surface area contributed by atoms with Crippen LogP contribution in [-0.2, 0) is 20.9 Å². The number of carboxylic acid groups (broad SMARTS) is 2. The Morgan fingerprint density at radius 2 is 1.91 bits per heavy atom. The zero-order valence-electron chi connectivity index (χ0n) is 12.2. The van der Waals surface area contributed by atoms with Gasteiger partial charge in [-0.05, 0) is 5.56 Å².